The number of rotatable bonds is 6. The molecule has 0 bridgehead atoms. The molecule has 3 aromatic rings. The second-order valence-corrected chi connectivity index (χ2v) is 6.21. The van der Waals surface area contributed by atoms with E-state index in [0.717, 1.165) is 0 Å². The van der Waals surface area contributed by atoms with Gasteiger partial charge in [0.05, 0.1) is 7.11 Å². The first-order valence-electron chi connectivity index (χ1n) is 7.38. The number of nitro groups is 1. The summed E-state index contributed by atoms with van der Waals surface area (Å²) in [7, 11) is 1.50. The van der Waals surface area contributed by atoms with E-state index in [2.05, 4.69) is 20.2 Å². The lowest BCUT2D eigenvalue weighted by atomic mass is 10.2. The lowest BCUT2D eigenvalue weighted by Crippen LogP contribution is -2.05. The summed E-state index contributed by atoms with van der Waals surface area (Å²) in [6, 6.07) is 4.67. The Morgan fingerprint density at radius 2 is 2.27 bits per heavy atom. The molecule has 3 rings (SSSR count). The zero-order chi connectivity index (χ0) is 18.7. The maximum atomic E-state index is 11.0. The maximum absolute atomic E-state index is 11.0. The van der Waals surface area contributed by atoms with Gasteiger partial charge in [-0.05, 0) is 17.1 Å². The van der Waals surface area contributed by atoms with Crippen LogP contribution in [-0.2, 0) is 6.54 Å². The third-order valence-corrected chi connectivity index (χ3v) is 4.32. The number of phenolic OH excluding ortho intramolecular Hbond substituents is 1. The number of aliphatic imine (C=N–C) groups is 1. The normalized spacial score (nSPS) is 11.2. The summed E-state index contributed by atoms with van der Waals surface area (Å²) < 4.78 is 6.64. The largest absolute Gasteiger partial charge is 0.508 e. The van der Waals surface area contributed by atoms with Crippen molar-refractivity contribution >= 4 is 28.5 Å². The van der Waals surface area contributed by atoms with E-state index >= 15 is 0 Å². The second kappa shape index (κ2) is 7.27. The number of phenols is 1. The molecule has 0 spiro atoms. The van der Waals surface area contributed by atoms with E-state index in [0.29, 0.717) is 27.3 Å². The Morgan fingerprint density at radius 3 is 3.00 bits per heavy atom. The van der Waals surface area contributed by atoms with Crippen LogP contribution < -0.4 is 4.74 Å². The first-order chi connectivity index (χ1) is 12.5. The molecule has 26 heavy (non-hydrogen) atoms. The van der Waals surface area contributed by atoms with Crippen molar-refractivity contribution in [2.45, 2.75) is 13.5 Å². The van der Waals surface area contributed by atoms with Gasteiger partial charge in [-0.1, -0.05) is 11.3 Å². The van der Waals surface area contributed by atoms with Gasteiger partial charge in [0.1, 0.15) is 24.2 Å². The molecular weight excluding hydrogens is 360 g/mol. The Kier molecular flexibility index (Phi) is 4.89. The minimum atomic E-state index is -0.489. The summed E-state index contributed by atoms with van der Waals surface area (Å²) in [5.41, 5.74) is 0.670. The van der Waals surface area contributed by atoms with Crippen molar-refractivity contribution < 1.29 is 14.8 Å². The van der Waals surface area contributed by atoms with Crippen molar-refractivity contribution in [3.8, 4) is 11.5 Å². The zero-order valence-corrected chi connectivity index (χ0v) is 14.7. The van der Waals surface area contributed by atoms with E-state index in [4.69, 9.17) is 4.74 Å². The van der Waals surface area contributed by atoms with Crippen LogP contribution in [0, 0.1) is 17.0 Å². The highest BCUT2D eigenvalue weighted by Crippen LogP contribution is 2.25. The van der Waals surface area contributed by atoms with E-state index in [1.54, 1.807) is 19.2 Å². The van der Waals surface area contributed by atoms with E-state index in [9.17, 15) is 15.2 Å². The molecule has 10 nitrogen and oxygen atoms in total. The van der Waals surface area contributed by atoms with Crippen LogP contribution in [0.15, 0.2) is 29.4 Å². The van der Waals surface area contributed by atoms with Crippen LogP contribution in [0.1, 0.15) is 16.4 Å². The highest BCUT2D eigenvalue weighted by molar-refractivity contribution is 7.14. The number of imidazole rings is 1. The summed E-state index contributed by atoms with van der Waals surface area (Å²) in [5.74, 6) is 0.986. The lowest BCUT2D eigenvalue weighted by Gasteiger charge is -2.03. The first-order valence-corrected chi connectivity index (χ1v) is 8.19. The number of nitrogens with zero attached hydrogens (tertiary/aromatic N) is 6. The minimum Gasteiger partial charge on any atom is -0.508 e. The molecule has 0 saturated heterocycles. The Morgan fingerprint density at radius 1 is 1.46 bits per heavy atom. The van der Waals surface area contributed by atoms with Gasteiger partial charge in [-0.3, -0.25) is 0 Å². The molecule has 0 atom stereocenters. The van der Waals surface area contributed by atoms with Gasteiger partial charge >= 0.3 is 5.82 Å². The number of ether oxygens (including phenoxy) is 1. The van der Waals surface area contributed by atoms with E-state index in [-0.39, 0.29) is 18.1 Å². The van der Waals surface area contributed by atoms with Crippen LogP contribution in [0.4, 0.5) is 10.9 Å². The molecule has 11 heteroatoms. The standard InChI is InChI=1S/C15H14N6O4S/c1-9-16-7-14(21(23)24)20(9)8-13-18-19-15(26-13)17-6-10-3-4-11(22)5-12(10)25-2/h3-7,22H,8H2,1-2H3. The molecule has 0 unspecified atom stereocenters. The summed E-state index contributed by atoms with van der Waals surface area (Å²) in [5, 5.41) is 29.4. The third-order valence-electron chi connectivity index (χ3n) is 3.50. The van der Waals surface area contributed by atoms with Crippen molar-refractivity contribution in [2.75, 3.05) is 7.11 Å². The van der Waals surface area contributed by atoms with Gasteiger partial charge in [-0.15, -0.1) is 10.2 Å². The SMILES string of the molecule is COc1cc(O)ccc1C=Nc1nnc(Cn2c([N+](=O)[O-])cnc2C)s1. The lowest BCUT2D eigenvalue weighted by molar-refractivity contribution is -0.392. The molecule has 0 aliphatic carbocycles. The summed E-state index contributed by atoms with van der Waals surface area (Å²) in [6.07, 6.45) is 2.76. The van der Waals surface area contributed by atoms with E-state index in [1.807, 2.05) is 0 Å². The maximum Gasteiger partial charge on any atom is 0.343 e. The number of benzene rings is 1. The molecule has 2 aromatic heterocycles. The Hall–Kier alpha value is -3.34. The topological polar surface area (TPSA) is 129 Å². The summed E-state index contributed by atoms with van der Waals surface area (Å²) in [6.45, 7) is 1.88. The van der Waals surface area contributed by atoms with Gasteiger partial charge in [0.2, 0.25) is 5.13 Å². The molecule has 0 saturated carbocycles. The van der Waals surface area contributed by atoms with Crippen molar-refractivity contribution in [3.63, 3.8) is 0 Å². The van der Waals surface area contributed by atoms with Crippen LogP contribution in [0.2, 0.25) is 0 Å². The van der Waals surface area contributed by atoms with E-state index < -0.39 is 4.92 Å². The molecule has 134 valence electrons. The number of hydrogen-bond donors (Lipinski definition) is 1. The molecule has 1 N–H and O–H groups in total. The molecular formula is C15H14N6O4S. The second-order valence-electron chi connectivity index (χ2n) is 5.17. The minimum absolute atomic E-state index is 0.0921. The van der Waals surface area contributed by atoms with Gasteiger partial charge in [-0.25, -0.2) is 14.5 Å². The highest BCUT2D eigenvalue weighted by atomic mass is 32.1. The fourth-order valence-electron chi connectivity index (χ4n) is 2.22. The fourth-order valence-corrected chi connectivity index (χ4v) is 2.90. The smallest absolute Gasteiger partial charge is 0.343 e. The quantitative estimate of drug-likeness (QED) is 0.398. The van der Waals surface area contributed by atoms with Gasteiger partial charge in [0.15, 0.2) is 10.8 Å². The van der Waals surface area contributed by atoms with Crippen molar-refractivity contribution in [2.24, 2.45) is 4.99 Å². The molecule has 2 heterocycles. The highest BCUT2D eigenvalue weighted by Gasteiger charge is 2.19. The fraction of sp³-hybridized carbons (Fsp3) is 0.200. The summed E-state index contributed by atoms with van der Waals surface area (Å²) >= 11 is 1.21. The average Bonchev–Trinajstić information content (AvgIpc) is 3.21. The predicted octanol–water partition coefficient (Wildman–Crippen LogP) is 2.46. The first kappa shape index (κ1) is 17.5. The van der Waals surface area contributed by atoms with Crippen molar-refractivity contribution in [1.29, 1.82) is 0 Å². The Labute approximate surface area is 151 Å². The van der Waals surface area contributed by atoms with Crippen LogP contribution in [0.5, 0.6) is 11.5 Å². The molecule has 0 aliphatic heterocycles. The van der Waals surface area contributed by atoms with Gasteiger partial charge < -0.3 is 20.0 Å². The molecule has 0 amide bonds. The van der Waals surface area contributed by atoms with Crippen LogP contribution in [-0.4, -0.2) is 43.1 Å². The van der Waals surface area contributed by atoms with Gasteiger partial charge in [-0.2, -0.15) is 0 Å². The van der Waals surface area contributed by atoms with E-state index in [1.165, 1.54) is 41.3 Å². The van der Waals surface area contributed by atoms with Crippen LogP contribution in [0.3, 0.4) is 0 Å². The predicted molar refractivity (Wildman–Crippen MR) is 94.5 cm³/mol. The monoisotopic (exact) mass is 374 g/mol. The molecule has 1 aromatic carbocycles. The average molecular weight is 374 g/mol. The number of aromatic hydroxyl groups is 1. The van der Waals surface area contributed by atoms with Crippen LogP contribution in [0.25, 0.3) is 0 Å². The number of methoxy groups -OCH3 is 1. The Bertz CT molecular complexity index is 980. The number of aromatic nitrogens is 4. The van der Waals surface area contributed by atoms with Gasteiger partial charge in [0, 0.05) is 24.8 Å². The molecule has 0 aliphatic rings. The third kappa shape index (κ3) is 3.67. The molecule has 0 fully saturated rings. The zero-order valence-electron chi connectivity index (χ0n) is 13.9. The Balaban J connectivity index is 1.79. The summed E-state index contributed by atoms with van der Waals surface area (Å²) in [4.78, 5) is 18.7. The van der Waals surface area contributed by atoms with Crippen LogP contribution >= 0.6 is 11.3 Å². The molecule has 0 radical (unpaired) electrons. The van der Waals surface area contributed by atoms with Gasteiger partial charge in [0.25, 0.3) is 0 Å². The number of aryl methyl sites for hydroxylation is 1. The van der Waals surface area contributed by atoms with Crippen molar-refractivity contribution in [3.05, 3.63) is 50.9 Å². The van der Waals surface area contributed by atoms with Crippen molar-refractivity contribution in [1.82, 2.24) is 19.7 Å². The number of hydrogen-bond acceptors (Lipinski definition) is 9.